The average Bonchev–Trinajstić information content (AvgIpc) is 2.03. The van der Waals surface area contributed by atoms with Crippen LogP contribution in [-0.2, 0) is 0 Å². The van der Waals surface area contributed by atoms with Crippen molar-refractivity contribution in [3.8, 4) is 0 Å². The third kappa shape index (κ3) is 0. The molecule has 0 rings (SSSR count). The molecule has 0 aliphatic heterocycles. The van der Waals surface area contributed by atoms with E-state index in [-0.39, 0.29) is 0 Å². The molecule has 0 atom stereocenters. The Morgan fingerprint density at radius 2 is 0.250 bits per heavy atom. The van der Waals surface area contributed by atoms with Gasteiger partial charge in [-0.25, -0.2) is 0 Å². The first-order valence-electron chi connectivity index (χ1n) is 4.00. The fraction of sp³-hybridized carbons (Fsp3) is 1.00. The summed E-state index contributed by atoms with van der Waals surface area (Å²) in [6.07, 6.45) is 0. The minimum Gasteiger partial charge on any atom is -0.0683 e. The van der Waals surface area contributed by atoms with Crippen molar-refractivity contribution in [2.75, 3.05) is 0 Å². The summed E-state index contributed by atoms with van der Waals surface area (Å²) in [5.41, 5.74) is 0. The highest BCUT2D eigenvalue weighted by atomic mass is 13.0. The van der Waals surface area contributed by atoms with Crippen molar-refractivity contribution in [1.29, 1.82) is 0 Å². The number of rotatable bonds is 0. The molecule has 0 heteroatoms. The topological polar surface area (TPSA) is 0 Å². The lowest BCUT2D eigenvalue weighted by Gasteiger charge is -1.07. The molecule has 0 heterocycles. The van der Waals surface area contributed by atoms with Gasteiger partial charge in [0.25, 0.3) is 0 Å². The van der Waals surface area contributed by atoms with Gasteiger partial charge in [0.05, 0.1) is 0 Å². The molecule has 0 radical (unpaired) electrons. The molecule has 0 aromatic heterocycles. The van der Waals surface area contributed by atoms with Gasteiger partial charge in [0, 0.05) is 0 Å². The molecule has 0 bridgehead atoms. The smallest absolute Gasteiger partial charge is 0.0683 e. The van der Waals surface area contributed by atoms with Crippen LogP contribution < -0.4 is 0 Å². The molecule has 0 aliphatic carbocycles. The summed E-state index contributed by atoms with van der Waals surface area (Å²) in [5.74, 6) is 0. The third-order valence-corrected chi connectivity index (χ3v) is 0. The third-order valence-electron chi connectivity index (χ3n) is 0. The first-order chi connectivity index (χ1) is 4.00. The van der Waals surface area contributed by atoms with Crippen molar-refractivity contribution >= 4 is 0 Å². The standard InChI is InChI=1S/4C2H6/c4*1-2/h4*1-2H3. The second-order valence-corrected chi connectivity index (χ2v) is 0. The Hall–Kier alpha value is 0. The van der Waals surface area contributed by atoms with E-state index in [1.807, 2.05) is 55.4 Å². The quantitative estimate of drug-likeness (QED) is 0.451. The number of hydrogen-bond acceptors (Lipinski definition) is 0. The Balaban J connectivity index is -0.0000000133. The van der Waals surface area contributed by atoms with E-state index in [1.54, 1.807) is 0 Å². The predicted octanol–water partition coefficient (Wildman–Crippen LogP) is 4.10. The first kappa shape index (κ1) is 24.5. The van der Waals surface area contributed by atoms with E-state index >= 15 is 0 Å². The molecule has 0 aliphatic rings. The van der Waals surface area contributed by atoms with Crippen LogP contribution in [0.5, 0.6) is 0 Å². The summed E-state index contributed by atoms with van der Waals surface area (Å²) in [4.78, 5) is 0. The normalized spacial score (nSPS) is 3.00. The zero-order valence-electron chi connectivity index (χ0n) is 8.00. The minimum atomic E-state index is 2.00. The molecule has 56 valence electrons. The van der Waals surface area contributed by atoms with E-state index in [0.29, 0.717) is 0 Å². The molecule has 0 spiro atoms. The van der Waals surface area contributed by atoms with Crippen LogP contribution in [0.4, 0.5) is 0 Å². The van der Waals surface area contributed by atoms with Gasteiger partial charge in [0.2, 0.25) is 0 Å². The molecule has 8 heavy (non-hydrogen) atoms. The molecule has 0 fully saturated rings. The fourth-order valence-corrected chi connectivity index (χ4v) is 0. The summed E-state index contributed by atoms with van der Waals surface area (Å²) in [6.45, 7) is 16.0. The summed E-state index contributed by atoms with van der Waals surface area (Å²) in [5, 5.41) is 0. The molecular formula is C8H24. The molecule has 0 nitrogen and oxygen atoms in total. The van der Waals surface area contributed by atoms with E-state index in [9.17, 15) is 0 Å². The summed E-state index contributed by atoms with van der Waals surface area (Å²) in [6, 6.07) is 0. The Morgan fingerprint density at radius 3 is 0.250 bits per heavy atom. The van der Waals surface area contributed by atoms with Crippen LogP contribution >= 0.6 is 0 Å². The summed E-state index contributed by atoms with van der Waals surface area (Å²) < 4.78 is 0. The van der Waals surface area contributed by atoms with Gasteiger partial charge in [-0.2, -0.15) is 0 Å². The van der Waals surface area contributed by atoms with Crippen molar-refractivity contribution in [3.63, 3.8) is 0 Å². The van der Waals surface area contributed by atoms with Crippen molar-refractivity contribution in [2.45, 2.75) is 55.4 Å². The molecule has 0 saturated carbocycles. The maximum atomic E-state index is 2.00. The maximum absolute atomic E-state index is 2.00. The van der Waals surface area contributed by atoms with Crippen molar-refractivity contribution in [1.82, 2.24) is 0 Å². The van der Waals surface area contributed by atoms with E-state index in [2.05, 4.69) is 0 Å². The lowest BCUT2D eigenvalue weighted by Crippen LogP contribution is -0.856. The molecular weight excluding hydrogens is 96.1 g/mol. The molecule has 0 unspecified atom stereocenters. The van der Waals surface area contributed by atoms with Crippen molar-refractivity contribution in [3.05, 3.63) is 0 Å². The van der Waals surface area contributed by atoms with E-state index in [4.69, 9.17) is 0 Å². The van der Waals surface area contributed by atoms with Crippen LogP contribution in [-0.4, -0.2) is 0 Å². The van der Waals surface area contributed by atoms with Gasteiger partial charge in [0.1, 0.15) is 0 Å². The predicted molar refractivity (Wildman–Crippen MR) is 45.4 cm³/mol. The van der Waals surface area contributed by atoms with Crippen LogP contribution in [0.3, 0.4) is 0 Å². The monoisotopic (exact) mass is 120 g/mol. The van der Waals surface area contributed by atoms with Crippen LogP contribution in [0.25, 0.3) is 0 Å². The minimum absolute atomic E-state index is 2.00. The highest BCUT2D eigenvalue weighted by Crippen LogP contribution is 1.15. The molecule has 0 aromatic carbocycles. The van der Waals surface area contributed by atoms with Crippen molar-refractivity contribution < 1.29 is 0 Å². The molecule has 0 saturated heterocycles. The van der Waals surface area contributed by atoms with Gasteiger partial charge in [-0.3, -0.25) is 0 Å². The summed E-state index contributed by atoms with van der Waals surface area (Å²) in [7, 11) is 0. The van der Waals surface area contributed by atoms with E-state index < -0.39 is 0 Å². The highest BCUT2D eigenvalue weighted by molar-refractivity contribution is 3.51. The fourth-order valence-electron chi connectivity index (χ4n) is 0. The lowest BCUT2D eigenvalue weighted by molar-refractivity contribution is 1.50. The first-order valence-corrected chi connectivity index (χ1v) is 4.00. The van der Waals surface area contributed by atoms with Gasteiger partial charge in [0.15, 0.2) is 0 Å². The maximum Gasteiger partial charge on any atom is -0.0683 e. The van der Waals surface area contributed by atoms with Crippen LogP contribution in [0.1, 0.15) is 55.4 Å². The Morgan fingerprint density at radius 1 is 0.250 bits per heavy atom. The highest BCUT2D eigenvalue weighted by Gasteiger charge is 0.938. The number of hydrogen-bond donors (Lipinski definition) is 0. The van der Waals surface area contributed by atoms with Crippen molar-refractivity contribution in [2.24, 2.45) is 0 Å². The van der Waals surface area contributed by atoms with Gasteiger partial charge in [-0.1, -0.05) is 55.4 Å². The SMILES string of the molecule is CC.CC.CC.CC. The largest absolute Gasteiger partial charge is 0.0683 e. The molecule has 0 N–H and O–H groups in total. The van der Waals surface area contributed by atoms with Gasteiger partial charge in [-0.15, -0.1) is 0 Å². The van der Waals surface area contributed by atoms with Gasteiger partial charge in [-0.05, 0) is 0 Å². The molecule has 0 amide bonds. The van der Waals surface area contributed by atoms with Crippen LogP contribution in [0, 0.1) is 0 Å². The van der Waals surface area contributed by atoms with Crippen LogP contribution in [0.2, 0.25) is 0 Å². The zero-order chi connectivity index (χ0) is 8.00. The molecule has 0 aromatic rings. The Bertz CT molecular complexity index is 0. The van der Waals surface area contributed by atoms with E-state index in [1.165, 1.54) is 0 Å². The Kier molecular flexibility index (Phi) is 0. The van der Waals surface area contributed by atoms with Gasteiger partial charge >= 0.3 is 0 Å². The van der Waals surface area contributed by atoms with E-state index in [0.717, 1.165) is 0 Å². The summed E-state index contributed by atoms with van der Waals surface area (Å²) >= 11 is 0. The zero-order valence-corrected chi connectivity index (χ0v) is 8.00. The second kappa shape index (κ2) is 0. The van der Waals surface area contributed by atoms with Crippen LogP contribution in [0.15, 0.2) is 0 Å². The Labute approximate surface area is 56.3 Å². The lowest BCUT2D eigenvalue weighted by atomic mass is 11.0. The van der Waals surface area contributed by atoms with Gasteiger partial charge < -0.3 is 0 Å². The average molecular weight is 120 g/mol. The second-order valence-electron chi connectivity index (χ2n) is 0.